The quantitative estimate of drug-likeness (QED) is 0.866. The van der Waals surface area contributed by atoms with Gasteiger partial charge in [0.25, 0.3) is 5.91 Å². The fraction of sp³-hybridized carbons (Fsp3) is 0.500. The molecule has 1 aromatic rings. The molecule has 5 heteroatoms. The van der Waals surface area contributed by atoms with E-state index in [1.807, 2.05) is 6.92 Å². The summed E-state index contributed by atoms with van der Waals surface area (Å²) in [5.41, 5.74) is 0.283. The molecule has 0 spiro atoms. The van der Waals surface area contributed by atoms with Crippen LogP contribution in [0.1, 0.15) is 30.3 Å². The summed E-state index contributed by atoms with van der Waals surface area (Å²) in [7, 11) is 1.75. The van der Waals surface area contributed by atoms with Crippen LogP contribution in [-0.2, 0) is 0 Å². The molecule has 0 saturated heterocycles. The summed E-state index contributed by atoms with van der Waals surface area (Å²) in [4.78, 5) is 16.2. The van der Waals surface area contributed by atoms with Crippen LogP contribution in [0.3, 0.4) is 0 Å². The first-order valence-electron chi connectivity index (χ1n) is 5.77. The van der Waals surface area contributed by atoms with Gasteiger partial charge in [-0.3, -0.25) is 4.79 Å². The number of halogens is 1. The number of carbonyl (C=O) groups is 1. The first-order chi connectivity index (χ1) is 8.11. The van der Waals surface area contributed by atoms with Crippen LogP contribution in [-0.4, -0.2) is 24.0 Å². The van der Waals surface area contributed by atoms with Crippen molar-refractivity contribution in [2.75, 3.05) is 12.4 Å². The lowest BCUT2D eigenvalue weighted by atomic mass is 10.2. The average Bonchev–Trinajstić information content (AvgIpc) is 3.13. The van der Waals surface area contributed by atoms with Crippen molar-refractivity contribution >= 4 is 23.3 Å². The summed E-state index contributed by atoms with van der Waals surface area (Å²) in [5, 5.41) is 6.20. The standard InChI is InChI=1S/C12H16ClN3O/c1-7(8-3-4-8)15-12(17)11-9(13)5-6-10(14-2)16-11/h5-8H,3-4H2,1-2H3,(H,14,16)(H,15,17). The number of rotatable bonds is 4. The van der Waals surface area contributed by atoms with Crippen LogP contribution in [0.15, 0.2) is 12.1 Å². The van der Waals surface area contributed by atoms with Gasteiger partial charge in [-0.15, -0.1) is 0 Å². The van der Waals surface area contributed by atoms with E-state index in [0.717, 1.165) is 0 Å². The minimum atomic E-state index is -0.202. The molecule has 92 valence electrons. The minimum absolute atomic E-state index is 0.193. The molecule has 1 unspecified atom stereocenters. The Morgan fingerprint density at radius 3 is 2.82 bits per heavy atom. The van der Waals surface area contributed by atoms with Gasteiger partial charge in [-0.05, 0) is 37.8 Å². The first kappa shape index (κ1) is 12.2. The highest BCUT2D eigenvalue weighted by atomic mass is 35.5. The molecule has 1 heterocycles. The molecular weight excluding hydrogens is 238 g/mol. The molecule has 0 radical (unpaired) electrons. The van der Waals surface area contributed by atoms with Crippen molar-refractivity contribution in [3.63, 3.8) is 0 Å². The molecule has 0 aromatic carbocycles. The number of anilines is 1. The van der Waals surface area contributed by atoms with Crippen LogP contribution in [0.2, 0.25) is 5.02 Å². The Balaban J connectivity index is 2.11. The van der Waals surface area contributed by atoms with E-state index in [2.05, 4.69) is 15.6 Å². The third kappa shape index (κ3) is 2.88. The second kappa shape index (κ2) is 4.92. The molecule has 4 nitrogen and oxygen atoms in total. The SMILES string of the molecule is CNc1ccc(Cl)c(C(=O)NC(C)C2CC2)n1. The second-order valence-corrected chi connectivity index (χ2v) is 4.78. The van der Waals surface area contributed by atoms with Crippen molar-refractivity contribution in [2.24, 2.45) is 5.92 Å². The zero-order chi connectivity index (χ0) is 12.4. The summed E-state index contributed by atoms with van der Waals surface area (Å²) < 4.78 is 0. The lowest BCUT2D eigenvalue weighted by molar-refractivity contribution is 0.0931. The largest absolute Gasteiger partial charge is 0.373 e. The molecule has 1 aliphatic carbocycles. The van der Waals surface area contributed by atoms with Gasteiger partial charge in [0.15, 0.2) is 0 Å². The van der Waals surface area contributed by atoms with E-state index in [-0.39, 0.29) is 17.6 Å². The van der Waals surface area contributed by atoms with E-state index in [1.165, 1.54) is 12.8 Å². The van der Waals surface area contributed by atoms with Gasteiger partial charge in [0.2, 0.25) is 0 Å². The highest BCUT2D eigenvalue weighted by Gasteiger charge is 2.29. The van der Waals surface area contributed by atoms with E-state index in [1.54, 1.807) is 19.2 Å². The maximum Gasteiger partial charge on any atom is 0.271 e. The van der Waals surface area contributed by atoms with Crippen LogP contribution >= 0.6 is 11.6 Å². The smallest absolute Gasteiger partial charge is 0.271 e. The lowest BCUT2D eigenvalue weighted by Gasteiger charge is -2.13. The van der Waals surface area contributed by atoms with Crippen molar-refractivity contribution in [1.29, 1.82) is 0 Å². The van der Waals surface area contributed by atoms with E-state index in [9.17, 15) is 4.79 Å². The molecule has 1 atom stereocenters. The molecule has 1 aromatic heterocycles. The Bertz CT molecular complexity index is 432. The number of carbonyl (C=O) groups excluding carboxylic acids is 1. The monoisotopic (exact) mass is 253 g/mol. The van der Waals surface area contributed by atoms with Crippen LogP contribution in [0.4, 0.5) is 5.82 Å². The highest BCUT2D eigenvalue weighted by Crippen LogP contribution is 2.32. The first-order valence-corrected chi connectivity index (χ1v) is 6.14. The summed E-state index contributed by atoms with van der Waals surface area (Å²) in [5.74, 6) is 1.05. The molecule has 1 saturated carbocycles. The van der Waals surface area contributed by atoms with Crippen molar-refractivity contribution < 1.29 is 4.79 Å². The number of nitrogens with one attached hydrogen (secondary N) is 2. The molecule has 0 bridgehead atoms. The van der Waals surface area contributed by atoms with Crippen LogP contribution in [0, 0.1) is 5.92 Å². The van der Waals surface area contributed by atoms with Gasteiger partial charge in [0.05, 0.1) is 5.02 Å². The summed E-state index contributed by atoms with van der Waals surface area (Å²) in [6.45, 7) is 2.02. The van der Waals surface area contributed by atoms with Gasteiger partial charge in [-0.25, -0.2) is 4.98 Å². The van der Waals surface area contributed by atoms with Crippen molar-refractivity contribution in [3.8, 4) is 0 Å². The Kier molecular flexibility index (Phi) is 3.52. The van der Waals surface area contributed by atoms with Gasteiger partial charge in [-0.2, -0.15) is 0 Å². The fourth-order valence-electron chi connectivity index (χ4n) is 1.73. The van der Waals surface area contributed by atoms with Gasteiger partial charge in [0.1, 0.15) is 11.5 Å². The molecule has 1 fully saturated rings. The topological polar surface area (TPSA) is 54.0 Å². The van der Waals surface area contributed by atoms with E-state index in [4.69, 9.17) is 11.6 Å². The summed E-state index contributed by atoms with van der Waals surface area (Å²) in [6, 6.07) is 3.61. The predicted octanol–water partition coefficient (Wildman–Crippen LogP) is 2.31. The van der Waals surface area contributed by atoms with E-state index < -0.39 is 0 Å². The predicted molar refractivity (Wildman–Crippen MR) is 68.4 cm³/mol. The third-order valence-electron chi connectivity index (χ3n) is 3.01. The van der Waals surface area contributed by atoms with E-state index in [0.29, 0.717) is 16.8 Å². The Morgan fingerprint density at radius 2 is 2.24 bits per heavy atom. The minimum Gasteiger partial charge on any atom is -0.373 e. The molecule has 17 heavy (non-hydrogen) atoms. The summed E-state index contributed by atoms with van der Waals surface area (Å²) >= 11 is 5.98. The lowest BCUT2D eigenvalue weighted by Crippen LogP contribution is -2.34. The maximum absolute atomic E-state index is 12.0. The van der Waals surface area contributed by atoms with Crippen LogP contribution in [0.5, 0.6) is 0 Å². The highest BCUT2D eigenvalue weighted by molar-refractivity contribution is 6.33. The van der Waals surface area contributed by atoms with Crippen molar-refractivity contribution in [3.05, 3.63) is 22.8 Å². The zero-order valence-corrected chi connectivity index (χ0v) is 10.7. The molecule has 1 amide bonds. The number of aromatic nitrogens is 1. The number of amides is 1. The van der Waals surface area contributed by atoms with Gasteiger partial charge in [-0.1, -0.05) is 11.6 Å². The normalized spacial score (nSPS) is 16.4. The third-order valence-corrected chi connectivity index (χ3v) is 3.31. The molecule has 1 aliphatic rings. The van der Waals surface area contributed by atoms with Crippen molar-refractivity contribution in [1.82, 2.24) is 10.3 Å². The molecular formula is C12H16ClN3O. The van der Waals surface area contributed by atoms with Crippen LogP contribution < -0.4 is 10.6 Å². The Hall–Kier alpha value is -1.29. The Labute approximate surface area is 106 Å². The van der Waals surface area contributed by atoms with Gasteiger partial charge in [0, 0.05) is 13.1 Å². The second-order valence-electron chi connectivity index (χ2n) is 4.38. The molecule has 2 N–H and O–H groups in total. The van der Waals surface area contributed by atoms with E-state index >= 15 is 0 Å². The van der Waals surface area contributed by atoms with Gasteiger partial charge >= 0.3 is 0 Å². The molecule has 0 aliphatic heterocycles. The maximum atomic E-state index is 12.0. The Morgan fingerprint density at radius 1 is 1.53 bits per heavy atom. The van der Waals surface area contributed by atoms with Crippen molar-refractivity contribution in [2.45, 2.75) is 25.8 Å². The fourth-order valence-corrected chi connectivity index (χ4v) is 1.92. The van der Waals surface area contributed by atoms with Gasteiger partial charge < -0.3 is 10.6 Å². The zero-order valence-electron chi connectivity index (χ0n) is 9.96. The van der Waals surface area contributed by atoms with Crippen LogP contribution in [0.25, 0.3) is 0 Å². The number of hydrogen-bond donors (Lipinski definition) is 2. The average molecular weight is 254 g/mol. The summed E-state index contributed by atoms with van der Waals surface area (Å²) in [6.07, 6.45) is 2.39. The molecule has 2 rings (SSSR count). The number of hydrogen-bond acceptors (Lipinski definition) is 3. The number of nitrogens with zero attached hydrogens (tertiary/aromatic N) is 1. The number of pyridine rings is 1.